The van der Waals surface area contributed by atoms with Crippen LogP contribution in [0, 0.1) is 16.7 Å². The molecule has 1 nitrogen and oxygen atoms in total. The van der Waals surface area contributed by atoms with Crippen LogP contribution in [-0.2, 0) is 0 Å². The Labute approximate surface area is 114 Å². The molecule has 0 heterocycles. The Morgan fingerprint density at radius 3 is 2.22 bits per heavy atom. The lowest BCUT2D eigenvalue weighted by Gasteiger charge is -2.36. The minimum Gasteiger partial charge on any atom is -0.283 e. The Morgan fingerprint density at radius 1 is 1.22 bits per heavy atom. The van der Waals surface area contributed by atoms with E-state index in [4.69, 9.17) is 4.99 Å². The highest BCUT2D eigenvalue weighted by Crippen LogP contribution is 2.36. The number of hydrogen-bond acceptors (Lipinski definition) is 1. The largest absolute Gasteiger partial charge is 0.283 e. The van der Waals surface area contributed by atoms with Crippen molar-refractivity contribution in [2.24, 2.45) is 21.7 Å². The van der Waals surface area contributed by atoms with Gasteiger partial charge >= 0.3 is 0 Å². The molecule has 0 saturated carbocycles. The molecule has 0 aromatic rings. The number of allylic oxidation sites excluding steroid dienone is 2. The SMILES string of the molecule is CC1C=CC(=NC(C)(C)CC(C)(C)C)C(C)(C)C1. The first-order chi connectivity index (χ1) is 7.91. The fourth-order valence-electron chi connectivity index (χ4n) is 3.31. The summed E-state index contributed by atoms with van der Waals surface area (Å²) < 4.78 is 0. The molecule has 0 aromatic carbocycles. The minimum atomic E-state index is 0.0236. The lowest BCUT2D eigenvalue weighted by Crippen LogP contribution is -2.33. The molecular weight excluding hydrogens is 218 g/mol. The molecule has 1 aliphatic carbocycles. The third-order valence-electron chi connectivity index (χ3n) is 3.49. The van der Waals surface area contributed by atoms with Crippen LogP contribution in [0.25, 0.3) is 0 Å². The average Bonchev–Trinajstić information content (AvgIpc) is 2.04. The molecule has 1 aliphatic rings. The predicted octanol–water partition coefficient (Wildman–Crippen LogP) is 5.26. The summed E-state index contributed by atoms with van der Waals surface area (Å²) in [5.74, 6) is 0.671. The zero-order valence-electron chi connectivity index (χ0n) is 13.6. The third-order valence-corrected chi connectivity index (χ3v) is 3.49. The average molecular weight is 249 g/mol. The van der Waals surface area contributed by atoms with Crippen molar-refractivity contribution in [3.63, 3.8) is 0 Å². The second kappa shape index (κ2) is 4.83. The molecule has 0 aromatic heterocycles. The van der Waals surface area contributed by atoms with Crippen molar-refractivity contribution in [2.75, 3.05) is 0 Å². The molecule has 18 heavy (non-hydrogen) atoms. The van der Waals surface area contributed by atoms with Crippen LogP contribution in [0.15, 0.2) is 17.1 Å². The molecule has 104 valence electrons. The molecule has 1 rings (SSSR count). The van der Waals surface area contributed by atoms with E-state index < -0.39 is 0 Å². The van der Waals surface area contributed by atoms with Crippen LogP contribution in [0.2, 0.25) is 0 Å². The van der Waals surface area contributed by atoms with Crippen LogP contribution >= 0.6 is 0 Å². The van der Waals surface area contributed by atoms with Gasteiger partial charge in [-0.2, -0.15) is 0 Å². The maximum absolute atomic E-state index is 5.07. The zero-order valence-corrected chi connectivity index (χ0v) is 13.6. The monoisotopic (exact) mass is 249 g/mol. The van der Waals surface area contributed by atoms with Crippen LogP contribution in [-0.4, -0.2) is 11.3 Å². The molecule has 0 amide bonds. The first-order valence-electron chi connectivity index (χ1n) is 7.20. The van der Waals surface area contributed by atoms with E-state index in [1.807, 2.05) is 0 Å². The van der Waals surface area contributed by atoms with E-state index >= 15 is 0 Å². The molecule has 0 spiro atoms. The van der Waals surface area contributed by atoms with Gasteiger partial charge < -0.3 is 0 Å². The smallest absolute Gasteiger partial charge is 0.0560 e. The van der Waals surface area contributed by atoms with Gasteiger partial charge in [-0.1, -0.05) is 47.6 Å². The van der Waals surface area contributed by atoms with Gasteiger partial charge in [0.1, 0.15) is 0 Å². The zero-order chi connectivity index (χ0) is 14.2. The number of rotatable bonds is 2. The van der Waals surface area contributed by atoms with Gasteiger partial charge in [0.05, 0.1) is 5.54 Å². The van der Waals surface area contributed by atoms with Gasteiger partial charge in [-0.15, -0.1) is 0 Å². The van der Waals surface area contributed by atoms with Gasteiger partial charge in [-0.05, 0) is 44.1 Å². The fraction of sp³-hybridized carbons (Fsp3) is 0.824. The van der Waals surface area contributed by atoms with Crippen molar-refractivity contribution in [2.45, 2.75) is 73.8 Å². The molecule has 0 aliphatic heterocycles. The summed E-state index contributed by atoms with van der Waals surface area (Å²) in [5, 5.41) is 0. The Morgan fingerprint density at radius 2 is 1.78 bits per heavy atom. The Balaban J connectivity index is 2.98. The second-order valence-electron chi connectivity index (χ2n) is 8.47. The van der Waals surface area contributed by atoms with Crippen molar-refractivity contribution < 1.29 is 0 Å². The topological polar surface area (TPSA) is 12.4 Å². The first kappa shape index (κ1) is 15.5. The van der Waals surface area contributed by atoms with Gasteiger partial charge in [-0.25, -0.2) is 0 Å². The van der Waals surface area contributed by atoms with Crippen molar-refractivity contribution in [3.8, 4) is 0 Å². The number of nitrogens with zero attached hydrogens (tertiary/aromatic N) is 1. The van der Waals surface area contributed by atoms with Crippen LogP contribution < -0.4 is 0 Å². The van der Waals surface area contributed by atoms with E-state index in [2.05, 4.69) is 67.5 Å². The summed E-state index contributed by atoms with van der Waals surface area (Å²) in [6.07, 6.45) is 6.87. The highest BCUT2D eigenvalue weighted by Gasteiger charge is 2.32. The Hall–Kier alpha value is -0.590. The van der Waals surface area contributed by atoms with E-state index in [1.54, 1.807) is 0 Å². The number of hydrogen-bond donors (Lipinski definition) is 0. The molecule has 0 N–H and O–H groups in total. The van der Waals surface area contributed by atoms with Crippen molar-refractivity contribution in [3.05, 3.63) is 12.2 Å². The molecule has 1 atom stereocenters. The Bertz CT molecular complexity index is 350. The fourth-order valence-corrected chi connectivity index (χ4v) is 3.31. The number of aliphatic imine (C=N–C) groups is 1. The molecule has 1 unspecified atom stereocenters. The van der Waals surface area contributed by atoms with Gasteiger partial charge in [0.15, 0.2) is 0 Å². The lowest BCUT2D eigenvalue weighted by molar-refractivity contribution is 0.285. The van der Waals surface area contributed by atoms with Gasteiger partial charge in [0, 0.05) is 11.1 Å². The van der Waals surface area contributed by atoms with Crippen molar-refractivity contribution in [1.82, 2.24) is 0 Å². The standard InChI is InChI=1S/C17H31N/c1-13-9-10-14(16(5,6)11-13)18-17(7,8)12-15(2,3)4/h9-10,13H,11-12H2,1-8H3. The predicted molar refractivity (Wildman–Crippen MR) is 82.3 cm³/mol. The van der Waals surface area contributed by atoms with E-state index in [9.17, 15) is 0 Å². The maximum Gasteiger partial charge on any atom is 0.0560 e. The highest BCUT2D eigenvalue weighted by atomic mass is 14.9. The van der Waals surface area contributed by atoms with E-state index in [0.717, 1.165) is 6.42 Å². The minimum absolute atomic E-state index is 0.0236. The summed E-state index contributed by atoms with van der Waals surface area (Å²) in [6.45, 7) is 18.3. The maximum atomic E-state index is 5.07. The van der Waals surface area contributed by atoms with Crippen LogP contribution in [0.4, 0.5) is 0 Å². The summed E-state index contributed by atoms with van der Waals surface area (Å²) in [4.78, 5) is 5.07. The highest BCUT2D eigenvalue weighted by molar-refractivity contribution is 6.00. The molecule has 0 saturated heterocycles. The van der Waals surface area contributed by atoms with Crippen LogP contribution in [0.5, 0.6) is 0 Å². The second-order valence-corrected chi connectivity index (χ2v) is 8.47. The van der Waals surface area contributed by atoms with E-state index in [1.165, 1.54) is 12.1 Å². The molecule has 0 fully saturated rings. The molecule has 0 bridgehead atoms. The third kappa shape index (κ3) is 4.59. The quantitative estimate of drug-likeness (QED) is 0.632. The first-order valence-corrected chi connectivity index (χ1v) is 7.20. The molecular formula is C17H31N. The van der Waals surface area contributed by atoms with Gasteiger partial charge in [0.2, 0.25) is 0 Å². The summed E-state index contributed by atoms with van der Waals surface area (Å²) in [6, 6.07) is 0. The van der Waals surface area contributed by atoms with Crippen LogP contribution in [0.3, 0.4) is 0 Å². The summed E-state index contributed by atoms with van der Waals surface area (Å²) in [7, 11) is 0. The van der Waals surface area contributed by atoms with Crippen LogP contribution in [0.1, 0.15) is 68.2 Å². The Kier molecular flexibility index (Phi) is 4.15. The van der Waals surface area contributed by atoms with E-state index in [-0.39, 0.29) is 11.0 Å². The summed E-state index contributed by atoms with van der Waals surface area (Å²) in [5.41, 5.74) is 1.83. The van der Waals surface area contributed by atoms with E-state index in [0.29, 0.717) is 11.3 Å². The summed E-state index contributed by atoms with van der Waals surface area (Å²) >= 11 is 0. The van der Waals surface area contributed by atoms with Crippen molar-refractivity contribution in [1.29, 1.82) is 0 Å². The van der Waals surface area contributed by atoms with Gasteiger partial charge in [0.25, 0.3) is 0 Å². The molecule has 1 heteroatoms. The lowest BCUT2D eigenvalue weighted by atomic mass is 9.74. The molecule has 0 radical (unpaired) electrons. The normalized spacial score (nSPS) is 26.7. The van der Waals surface area contributed by atoms with Crippen molar-refractivity contribution >= 4 is 5.71 Å². The van der Waals surface area contributed by atoms with Gasteiger partial charge in [-0.3, -0.25) is 4.99 Å².